The van der Waals surface area contributed by atoms with E-state index in [-0.39, 0.29) is 41.4 Å². The van der Waals surface area contributed by atoms with Crippen molar-refractivity contribution in [2.75, 3.05) is 18.5 Å². The number of hydrogen-bond donors (Lipinski definition) is 1. The Labute approximate surface area is 171 Å². The molecule has 150 valence electrons. The lowest BCUT2D eigenvalue weighted by atomic mass is 9.97. The molecule has 3 rings (SSSR count). The van der Waals surface area contributed by atoms with Crippen molar-refractivity contribution >= 4 is 29.0 Å². The summed E-state index contributed by atoms with van der Waals surface area (Å²) in [5, 5.41) is 7.19. The van der Waals surface area contributed by atoms with Gasteiger partial charge in [-0.15, -0.1) is 0 Å². The van der Waals surface area contributed by atoms with Gasteiger partial charge in [0.15, 0.2) is 0 Å². The first kappa shape index (κ1) is 20.5. The van der Waals surface area contributed by atoms with Gasteiger partial charge in [-0.05, 0) is 38.1 Å². The third kappa shape index (κ3) is 4.46. The van der Waals surface area contributed by atoms with Crippen LogP contribution in [0.3, 0.4) is 0 Å². The second kappa shape index (κ2) is 8.87. The van der Waals surface area contributed by atoms with Gasteiger partial charge in [0.2, 0.25) is 5.78 Å². The fraction of sp³-hybridized carbons (Fsp3) is 0.190. The van der Waals surface area contributed by atoms with Crippen molar-refractivity contribution in [3.05, 3.63) is 70.2 Å². The Morgan fingerprint density at radius 3 is 2.72 bits per heavy atom. The van der Waals surface area contributed by atoms with Gasteiger partial charge in [-0.2, -0.15) is 0 Å². The minimum Gasteiger partial charge on any atom is -0.465 e. The molecule has 0 fully saturated rings. The second-order valence-electron chi connectivity index (χ2n) is 6.12. The maximum atomic E-state index is 13.9. The molecular weight excluding hydrogens is 399 g/mol. The van der Waals surface area contributed by atoms with Gasteiger partial charge in [0, 0.05) is 16.8 Å². The number of nitrogens with one attached hydrogen (secondary N) is 1. The first-order chi connectivity index (χ1) is 13.9. The van der Waals surface area contributed by atoms with E-state index >= 15 is 0 Å². The summed E-state index contributed by atoms with van der Waals surface area (Å²) in [6.45, 7) is 3.35. The normalized spacial score (nSPS) is 10.6. The van der Waals surface area contributed by atoms with E-state index in [9.17, 15) is 14.0 Å². The van der Waals surface area contributed by atoms with Gasteiger partial charge in [-0.3, -0.25) is 9.59 Å². The number of esters is 1. The van der Waals surface area contributed by atoms with E-state index in [0.717, 1.165) is 6.07 Å². The van der Waals surface area contributed by atoms with Crippen LogP contribution in [0.4, 0.5) is 10.1 Å². The molecule has 0 aliphatic rings. The Kier molecular flexibility index (Phi) is 6.29. The zero-order chi connectivity index (χ0) is 21.0. The highest BCUT2D eigenvalue weighted by Crippen LogP contribution is 2.33. The number of benzene rings is 2. The fourth-order valence-corrected chi connectivity index (χ4v) is 3.07. The Bertz CT molecular complexity index is 1060. The van der Waals surface area contributed by atoms with Gasteiger partial charge >= 0.3 is 5.97 Å². The number of aryl methyl sites for hydroxylation is 1. The first-order valence-electron chi connectivity index (χ1n) is 8.87. The summed E-state index contributed by atoms with van der Waals surface area (Å²) in [6, 6.07) is 10.6. The molecule has 1 N–H and O–H groups in total. The predicted molar refractivity (Wildman–Crippen MR) is 107 cm³/mol. The Balaban J connectivity index is 2.02. The van der Waals surface area contributed by atoms with Crippen molar-refractivity contribution < 1.29 is 23.2 Å². The minimum absolute atomic E-state index is 0.0360. The Morgan fingerprint density at radius 1 is 1.24 bits per heavy atom. The molecule has 0 saturated heterocycles. The van der Waals surface area contributed by atoms with Crippen molar-refractivity contribution in [3.8, 4) is 11.3 Å². The molecule has 0 bridgehead atoms. The summed E-state index contributed by atoms with van der Waals surface area (Å²) in [5.74, 6) is -1.33. The highest BCUT2D eigenvalue weighted by molar-refractivity contribution is 6.33. The number of aromatic nitrogens is 1. The van der Waals surface area contributed by atoms with Gasteiger partial charge in [0.05, 0.1) is 17.2 Å². The van der Waals surface area contributed by atoms with Gasteiger partial charge in [0.25, 0.3) is 0 Å². The molecule has 0 radical (unpaired) electrons. The molecule has 6 nitrogen and oxygen atoms in total. The first-order valence-corrected chi connectivity index (χ1v) is 9.25. The van der Waals surface area contributed by atoms with Crippen LogP contribution in [0.2, 0.25) is 5.02 Å². The molecular formula is C21H18ClFN2O4. The average Bonchev–Trinajstić information content (AvgIpc) is 3.08. The van der Waals surface area contributed by atoms with E-state index in [1.54, 1.807) is 38.1 Å². The van der Waals surface area contributed by atoms with E-state index in [1.165, 1.54) is 12.1 Å². The number of nitrogens with zero attached hydrogens (tertiary/aromatic N) is 1. The molecule has 1 heterocycles. The van der Waals surface area contributed by atoms with Crippen LogP contribution in [-0.2, 0) is 9.53 Å². The van der Waals surface area contributed by atoms with E-state index in [1.807, 2.05) is 0 Å². The zero-order valence-electron chi connectivity index (χ0n) is 15.8. The third-order valence-electron chi connectivity index (χ3n) is 4.17. The minimum atomic E-state index is -0.594. The summed E-state index contributed by atoms with van der Waals surface area (Å²) in [4.78, 5) is 25.0. The lowest BCUT2D eigenvalue weighted by molar-refractivity contribution is -0.140. The largest absolute Gasteiger partial charge is 0.465 e. The van der Waals surface area contributed by atoms with Crippen LogP contribution in [0.15, 0.2) is 47.0 Å². The van der Waals surface area contributed by atoms with Crippen LogP contribution in [0, 0.1) is 12.7 Å². The number of ketones is 1. The lowest BCUT2D eigenvalue weighted by Crippen LogP contribution is -2.18. The van der Waals surface area contributed by atoms with Crippen molar-refractivity contribution in [3.63, 3.8) is 0 Å². The monoisotopic (exact) mass is 416 g/mol. The maximum Gasteiger partial charge on any atom is 0.325 e. The van der Waals surface area contributed by atoms with Crippen LogP contribution in [0.25, 0.3) is 11.3 Å². The Hall–Kier alpha value is -3.19. The molecule has 0 atom stereocenters. The van der Waals surface area contributed by atoms with Crippen molar-refractivity contribution in [2.24, 2.45) is 0 Å². The summed E-state index contributed by atoms with van der Waals surface area (Å²) >= 11 is 6.24. The molecule has 0 spiro atoms. The van der Waals surface area contributed by atoms with E-state index in [2.05, 4.69) is 10.5 Å². The van der Waals surface area contributed by atoms with Gasteiger partial charge in [0.1, 0.15) is 23.8 Å². The topological polar surface area (TPSA) is 81.4 Å². The van der Waals surface area contributed by atoms with Crippen molar-refractivity contribution in [1.82, 2.24) is 5.16 Å². The summed E-state index contributed by atoms with van der Waals surface area (Å²) < 4.78 is 24.0. The van der Waals surface area contributed by atoms with Crippen LogP contribution in [0.5, 0.6) is 0 Å². The van der Waals surface area contributed by atoms with Gasteiger partial charge in [-0.1, -0.05) is 35.0 Å². The van der Waals surface area contributed by atoms with Crippen LogP contribution in [0.1, 0.15) is 28.6 Å². The molecule has 0 amide bonds. The summed E-state index contributed by atoms with van der Waals surface area (Å²) in [6.07, 6.45) is 0. The summed E-state index contributed by atoms with van der Waals surface area (Å²) in [5.41, 5.74) is 1.28. The molecule has 29 heavy (non-hydrogen) atoms. The quantitative estimate of drug-likeness (QED) is 0.446. The molecule has 0 aliphatic carbocycles. The fourth-order valence-electron chi connectivity index (χ4n) is 2.85. The second-order valence-corrected chi connectivity index (χ2v) is 6.53. The number of carbonyl (C=O) groups excluding carboxylic acids is 2. The standard InChI is InChI=1S/C21H18ClFN2O4/c1-3-28-18(26)11-24-17-9-8-13(23)10-15(17)21(27)19-12(2)29-25-20(19)14-6-4-5-7-16(14)22/h4-10,24H,3,11H2,1-2H3. The molecule has 0 saturated carbocycles. The van der Waals surface area contributed by atoms with Crippen LogP contribution in [-0.4, -0.2) is 30.1 Å². The molecule has 8 heteroatoms. The van der Waals surface area contributed by atoms with E-state index < -0.39 is 17.6 Å². The number of hydrogen-bond acceptors (Lipinski definition) is 6. The number of carbonyl (C=O) groups is 2. The van der Waals surface area contributed by atoms with Gasteiger partial charge < -0.3 is 14.6 Å². The van der Waals surface area contributed by atoms with E-state index in [4.69, 9.17) is 20.9 Å². The number of halogens is 2. The molecule has 0 unspecified atom stereocenters. The highest BCUT2D eigenvalue weighted by Gasteiger charge is 2.26. The van der Waals surface area contributed by atoms with E-state index in [0.29, 0.717) is 10.6 Å². The highest BCUT2D eigenvalue weighted by atomic mass is 35.5. The number of ether oxygens (including phenoxy) is 1. The Morgan fingerprint density at radius 2 is 2.00 bits per heavy atom. The number of anilines is 1. The molecule has 1 aromatic heterocycles. The predicted octanol–water partition coefficient (Wildman–Crippen LogP) is 4.65. The van der Waals surface area contributed by atoms with Crippen LogP contribution < -0.4 is 5.32 Å². The number of rotatable bonds is 7. The molecule has 2 aromatic carbocycles. The average molecular weight is 417 g/mol. The van der Waals surface area contributed by atoms with Crippen LogP contribution >= 0.6 is 11.6 Å². The SMILES string of the molecule is CCOC(=O)CNc1ccc(F)cc1C(=O)c1c(-c2ccccc2Cl)noc1C. The third-order valence-corrected chi connectivity index (χ3v) is 4.50. The maximum absolute atomic E-state index is 13.9. The molecule has 3 aromatic rings. The zero-order valence-corrected chi connectivity index (χ0v) is 16.5. The van der Waals surface area contributed by atoms with Crippen molar-refractivity contribution in [2.45, 2.75) is 13.8 Å². The summed E-state index contributed by atoms with van der Waals surface area (Å²) in [7, 11) is 0. The smallest absolute Gasteiger partial charge is 0.325 e. The van der Waals surface area contributed by atoms with Gasteiger partial charge in [-0.25, -0.2) is 4.39 Å². The van der Waals surface area contributed by atoms with Crippen molar-refractivity contribution in [1.29, 1.82) is 0 Å². The molecule has 0 aliphatic heterocycles. The lowest BCUT2D eigenvalue weighted by Gasteiger charge is -2.12.